The molecular weight excluding hydrogens is 262 g/mol. The standard InChI is InChI=1S/C18H27NO2/c1-3-10-18(11-4-2)12-15-13-21-16(19(15)17(18)20)14-8-6-5-7-9-14/h3-4,14-16H,1-2,5-13H2. The maximum absolute atomic E-state index is 13.1. The van der Waals surface area contributed by atoms with Gasteiger partial charge in [-0.25, -0.2) is 0 Å². The molecule has 0 bridgehead atoms. The number of allylic oxidation sites excluding steroid dienone is 2. The van der Waals surface area contributed by atoms with Crippen LogP contribution in [0.4, 0.5) is 0 Å². The van der Waals surface area contributed by atoms with Gasteiger partial charge >= 0.3 is 0 Å². The Kier molecular flexibility index (Phi) is 4.21. The average Bonchev–Trinajstić information content (AvgIpc) is 3.01. The number of carbonyl (C=O) groups is 1. The minimum atomic E-state index is -0.301. The Labute approximate surface area is 128 Å². The monoisotopic (exact) mass is 289 g/mol. The molecule has 21 heavy (non-hydrogen) atoms. The van der Waals surface area contributed by atoms with Crippen molar-refractivity contribution in [2.24, 2.45) is 11.3 Å². The summed E-state index contributed by atoms with van der Waals surface area (Å²) in [5.74, 6) is 0.816. The number of hydrogen-bond acceptors (Lipinski definition) is 2. The third-order valence-electron chi connectivity index (χ3n) is 5.56. The Morgan fingerprint density at radius 2 is 1.86 bits per heavy atom. The van der Waals surface area contributed by atoms with Crippen LogP contribution in [-0.4, -0.2) is 29.7 Å². The largest absolute Gasteiger partial charge is 0.356 e. The molecule has 2 heterocycles. The fourth-order valence-electron chi connectivity index (χ4n) is 4.59. The number of fused-ring (bicyclic) bond motifs is 1. The molecule has 0 aromatic rings. The van der Waals surface area contributed by atoms with Gasteiger partial charge in [-0.15, -0.1) is 13.2 Å². The molecule has 3 nitrogen and oxygen atoms in total. The van der Waals surface area contributed by atoms with Gasteiger partial charge in [0.1, 0.15) is 6.23 Å². The molecule has 0 aromatic heterocycles. The molecule has 2 unspecified atom stereocenters. The summed E-state index contributed by atoms with van der Waals surface area (Å²) in [5.41, 5.74) is -0.301. The summed E-state index contributed by atoms with van der Waals surface area (Å²) in [6.07, 6.45) is 12.5. The lowest BCUT2D eigenvalue weighted by molar-refractivity contribution is -0.145. The van der Waals surface area contributed by atoms with Crippen molar-refractivity contribution in [1.29, 1.82) is 0 Å². The normalized spacial score (nSPS) is 32.2. The van der Waals surface area contributed by atoms with Gasteiger partial charge in [-0.1, -0.05) is 31.4 Å². The van der Waals surface area contributed by atoms with Crippen molar-refractivity contribution in [3.05, 3.63) is 25.3 Å². The van der Waals surface area contributed by atoms with Crippen LogP contribution in [0.1, 0.15) is 51.4 Å². The zero-order chi connectivity index (χ0) is 14.9. The van der Waals surface area contributed by atoms with Crippen molar-refractivity contribution in [1.82, 2.24) is 4.90 Å². The molecule has 2 atom stereocenters. The molecule has 3 aliphatic rings. The average molecular weight is 289 g/mol. The van der Waals surface area contributed by atoms with E-state index in [0.717, 1.165) is 19.3 Å². The van der Waals surface area contributed by atoms with Crippen LogP contribution in [0.5, 0.6) is 0 Å². The summed E-state index contributed by atoms with van der Waals surface area (Å²) in [7, 11) is 0. The van der Waals surface area contributed by atoms with Gasteiger partial charge in [-0.05, 0) is 32.1 Å². The minimum absolute atomic E-state index is 0.0271. The SMILES string of the molecule is C=CCC1(CC=C)CC2COC(C3CCCCC3)N2C1=O. The Morgan fingerprint density at radius 3 is 2.48 bits per heavy atom. The summed E-state index contributed by atoms with van der Waals surface area (Å²) in [4.78, 5) is 15.2. The first kappa shape index (κ1) is 14.8. The van der Waals surface area contributed by atoms with Crippen molar-refractivity contribution in [2.75, 3.05) is 6.61 Å². The molecule has 2 aliphatic heterocycles. The predicted molar refractivity (Wildman–Crippen MR) is 83.6 cm³/mol. The van der Waals surface area contributed by atoms with E-state index in [1.807, 2.05) is 12.2 Å². The number of hydrogen-bond donors (Lipinski definition) is 0. The summed E-state index contributed by atoms with van der Waals surface area (Å²) in [5, 5.41) is 0. The molecule has 1 saturated carbocycles. The molecule has 3 fully saturated rings. The summed E-state index contributed by atoms with van der Waals surface area (Å²) in [6, 6.07) is 0.268. The molecule has 3 rings (SSSR count). The molecule has 116 valence electrons. The highest BCUT2D eigenvalue weighted by Gasteiger charge is 2.56. The van der Waals surface area contributed by atoms with E-state index in [2.05, 4.69) is 18.1 Å². The molecular formula is C18H27NO2. The maximum Gasteiger partial charge on any atom is 0.231 e. The number of carbonyl (C=O) groups excluding carboxylic acids is 1. The molecule has 0 spiro atoms. The van der Waals surface area contributed by atoms with E-state index >= 15 is 0 Å². The molecule has 1 aliphatic carbocycles. The van der Waals surface area contributed by atoms with Gasteiger partial charge in [0.2, 0.25) is 5.91 Å². The van der Waals surface area contributed by atoms with Crippen LogP contribution in [0, 0.1) is 11.3 Å². The lowest BCUT2D eigenvalue weighted by Crippen LogP contribution is -2.44. The van der Waals surface area contributed by atoms with Crippen LogP contribution in [0.15, 0.2) is 25.3 Å². The van der Waals surface area contributed by atoms with Crippen molar-refractivity contribution in [3.63, 3.8) is 0 Å². The molecule has 0 aromatic carbocycles. The highest BCUT2D eigenvalue weighted by atomic mass is 16.5. The maximum atomic E-state index is 13.1. The van der Waals surface area contributed by atoms with E-state index in [1.54, 1.807) is 0 Å². The number of nitrogens with zero attached hydrogens (tertiary/aromatic N) is 1. The van der Waals surface area contributed by atoms with Crippen LogP contribution in [0.25, 0.3) is 0 Å². The van der Waals surface area contributed by atoms with Gasteiger partial charge in [0.05, 0.1) is 18.1 Å². The van der Waals surface area contributed by atoms with Crippen LogP contribution in [0.2, 0.25) is 0 Å². The molecule has 1 amide bonds. The van der Waals surface area contributed by atoms with Gasteiger partial charge in [-0.3, -0.25) is 4.79 Å². The Balaban J connectivity index is 1.80. The first-order valence-corrected chi connectivity index (χ1v) is 8.38. The Hall–Kier alpha value is -1.09. The van der Waals surface area contributed by atoms with E-state index in [0.29, 0.717) is 12.5 Å². The van der Waals surface area contributed by atoms with Crippen LogP contribution in [0.3, 0.4) is 0 Å². The topological polar surface area (TPSA) is 29.5 Å². The van der Waals surface area contributed by atoms with Crippen molar-refractivity contribution in [2.45, 2.75) is 63.6 Å². The second kappa shape index (κ2) is 5.96. The Morgan fingerprint density at radius 1 is 1.19 bits per heavy atom. The molecule has 0 radical (unpaired) electrons. The first-order valence-electron chi connectivity index (χ1n) is 8.38. The predicted octanol–water partition coefficient (Wildman–Crippen LogP) is 3.66. The van der Waals surface area contributed by atoms with Crippen LogP contribution < -0.4 is 0 Å². The lowest BCUT2D eigenvalue weighted by Gasteiger charge is -2.34. The van der Waals surface area contributed by atoms with Gasteiger partial charge in [0.25, 0.3) is 0 Å². The highest BCUT2D eigenvalue weighted by Crippen LogP contribution is 2.48. The van der Waals surface area contributed by atoms with Crippen molar-refractivity contribution < 1.29 is 9.53 Å². The van der Waals surface area contributed by atoms with Crippen molar-refractivity contribution in [3.8, 4) is 0 Å². The molecule has 0 N–H and O–H groups in total. The first-order chi connectivity index (χ1) is 10.2. The lowest BCUT2D eigenvalue weighted by atomic mass is 9.78. The summed E-state index contributed by atoms with van der Waals surface area (Å²) >= 11 is 0. The summed E-state index contributed by atoms with van der Waals surface area (Å²) < 4.78 is 6.03. The zero-order valence-electron chi connectivity index (χ0n) is 12.9. The zero-order valence-corrected chi connectivity index (χ0v) is 12.9. The van der Waals surface area contributed by atoms with Gasteiger partial charge < -0.3 is 9.64 Å². The van der Waals surface area contributed by atoms with E-state index in [4.69, 9.17) is 4.74 Å². The van der Waals surface area contributed by atoms with Gasteiger partial charge in [0, 0.05) is 5.92 Å². The smallest absolute Gasteiger partial charge is 0.231 e. The third kappa shape index (κ3) is 2.46. The Bertz CT molecular complexity index is 415. The highest BCUT2D eigenvalue weighted by molar-refractivity contribution is 5.86. The quantitative estimate of drug-likeness (QED) is 0.723. The third-order valence-corrected chi connectivity index (χ3v) is 5.56. The number of rotatable bonds is 5. The number of amides is 1. The van der Waals surface area contributed by atoms with Gasteiger partial charge in [-0.2, -0.15) is 0 Å². The van der Waals surface area contributed by atoms with Crippen LogP contribution in [-0.2, 0) is 9.53 Å². The molecule has 2 saturated heterocycles. The van der Waals surface area contributed by atoms with Crippen molar-refractivity contribution >= 4 is 5.91 Å². The van der Waals surface area contributed by atoms with E-state index in [9.17, 15) is 4.79 Å². The van der Waals surface area contributed by atoms with Gasteiger partial charge in [0.15, 0.2) is 0 Å². The fourth-order valence-corrected chi connectivity index (χ4v) is 4.59. The second-order valence-electron chi connectivity index (χ2n) is 6.96. The minimum Gasteiger partial charge on any atom is -0.356 e. The van der Waals surface area contributed by atoms with Crippen LogP contribution >= 0.6 is 0 Å². The fraction of sp³-hybridized carbons (Fsp3) is 0.722. The van der Waals surface area contributed by atoms with E-state index in [1.165, 1.54) is 32.1 Å². The number of ether oxygens (including phenoxy) is 1. The van der Waals surface area contributed by atoms with E-state index in [-0.39, 0.29) is 23.6 Å². The second-order valence-corrected chi connectivity index (χ2v) is 6.96. The summed E-state index contributed by atoms with van der Waals surface area (Å²) in [6.45, 7) is 8.42. The van der Waals surface area contributed by atoms with E-state index < -0.39 is 0 Å². The molecule has 3 heteroatoms.